The maximum atomic E-state index is 13.0. The van der Waals surface area contributed by atoms with Crippen LogP contribution in [-0.4, -0.2) is 17.0 Å². The van der Waals surface area contributed by atoms with Gasteiger partial charge in [-0.3, -0.25) is 4.79 Å². The highest BCUT2D eigenvalue weighted by Gasteiger charge is 2.10. The molecule has 0 unspecified atom stereocenters. The number of carboxylic acid groups (broad SMARTS) is 1. The van der Waals surface area contributed by atoms with Crippen LogP contribution in [0.5, 0.6) is 0 Å². The van der Waals surface area contributed by atoms with Crippen molar-refractivity contribution in [1.82, 2.24) is 0 Å². The third-order valence-electron chi connectivity index (χ3n) is 5.21. The molecule has 5 heteroatoms. The Balaban J connectivity index is 1.49. The lowest BCUT2D eigenvalue weighted by molar-refractivity contribution is -0.115. The largest absolute Gasteiger partial charge is 0.478 e. The first-order valence-electron chi connectivity index (χ1n) is 10.5. The zero-order chi connectivity index (χ0) is 22.1. The van der Waals surface area contributed by atoms with Gasteiger partial charge in [0.05, 0.1) is 12.0 Å². The number of nitrogens with one attached hydrogen (secondary N) is 1. The van der Waals surface area contributed by atoms with Gasteiger partial charge in [-0.05, 0) is 66.6 Å². The molecule has 0 atom stereocenters. The molecule has 0 radical (unpaired) electrons. The van der Waals surface area contributed by atoms with Crippen molar-refractivity contribution in [3.05, 3.63) is 101 Å². The molecule has 0 saturated heterocycles. The van der Waals surface area contributed by atoms with E-state index in [1.165, 1.54) is 12.1 Å². The summed E-state index contributed by atoms with van der Waals surface area (Å²) in [7, 11) is 0. The second-order valence-corrected chi connectivity index (χ2v) is 7.53. The second-order valence-electron chi connectivity index (χ2n) is 7.53. The normalized spacial score (nSPS) is 10.6. The van der Waals surface area contributed by atoms with Gasteiger partial charge >= 0.3 is 5.97 Å². The molecule has 3 aromatic rings. The van der Waals surface area contributed by atoms with Gasteiger partial charge in [-0.25, -0.2) is 9.18 Å². The molecule has 31 heavy (non-hydrogen) atoms. The maximum Gasteiger partial charge on any atom is 0.335 e. The number of halogens is 1. The minimum atomic E-state index is -0.888. The van der Waals surface area contributed by atoms with Crippen LogP contribution in [-0.2, 0) is 24.1 Å². The molecule has 0 bridgehead atoms. The Morgan fingerprint density at radius 2 is 1.39 bits per heavy atom. The summed E-state index contributed by atoms with van der Waals surface area (Å²) in [6.07, 6.45) is 4.57. The number of para-hydroxylation sites is 1. The third-order valence-corrected chi connectivity index (χ3v) is 5.21. The second kappa shape index (κ2) is 11.1. The number of hydrogen-bond donors (Lipinski definition) is 2. The molecule has 0 aliphatic carbocycles. The van der Waals surface area contributed by atoms with E-state index in [-0.39, 0.29) is 18.1 Å². The number of rotatable bonds is 10. The number of benzene rings is 3. The zero-order valence-electron chi connectivity index (χ0n) is 17.3. The Bertz CT molecular complexity index is 1030. The summed E-state index contributed by atoms with van der Waals surface area (Å²) < 4.78 is 13.0. The Hall–Kier alpha value is -3.47. The molecule has 160 valence electrons. The summed E-state index contributed by atoms with van der Waals surface area (Å²) in [5, 5.41) is 12.2. The van der Waals surface area contributed by atoms with Gasteiger partial charge < -0.3 is 10.4 Å². The van der Waals surface area contributed by atoms with Crippen molar-refractivity contribution >= 4 is 17.6 Å². The van der Waals surface area contributed by atoms with E-state index in [0.717, 1.165) is 54.5 Å². The lowest BCUT2D eigenvalue weighted by Crippen LogP contribution is -2.15. The first-order chi connectivity index (χ1) is 15.0. The minimum Gasteiger partial charge on any atom is -0.478 e. The van der Waals surface area contributed by atoms with Gasteiger partial charge in [-0.2, -0.15) is 0 Å². The van der Waals surface area contributed by atoms with E-state index >= 15 is 0 Å². The van der Waals surface area contributed by atoms with Gasteiger partial charge in [0.25, 0.3) is 0 Å². The van der Waals surface area contributed by atoms with Crippen LogP contribution in [0.3, 0.4) is 0 Å². The Morgan fingerprint density at radius 1 is 0.774 bits per heavy atom. The van der Waals surface area contributed by atoms with E-state index < -0.39 is 5.97 Å². The number of hydrogen-bond acceptors (Lipinski definition) is 2. The van der Waals surface area contributed by atoms with Crippen molar-refractivity contribution in [3.63, 3.8) is 0 Å². The topological polar surface area (TPSA) is 66.4 Å². The molecule has 0 spiro atoms. The highest BCUT2D eigenvalue weighted by atomic mass is 19.1. The lowest BCUT2D eigenvalue weighted by Gasteiger charge is -2.11. The molecule has 3 aromatic carbocycles. The van der Waals surface area contributed by atoms with E-state index in [1.807, 2.05) is 36.4 Å². The van der Waals surface area contributed by atoms with Crippen molar-refractivity contribution in [3.8, 4) is 0 Å². The summed E-state index contributed by atoms with van der Waals surface area (Å²) in [4.78, 5) is 23.7. The standard InChI is InChI=1S/C26H26FNO3/c27-22-16-14-19(15-17-22)18-25(29)28-24-13-7-5-11-21(24)10-3-1-2-8-20-9-4-6-12-23(20)26(30)31/h4-7,9,11-17H,1-3,8,10,18H2,(H,28,29)(H,30,31). The number of carboxylic acids is 1. The van der Waals surface area contributed by atoms with Gasteiger partial charge in [0.1, 0.15) is 5.82 Å². The number of unbranched alkanes of at least 4 members (excludes halogenated alkanes) is 2. The average molecular weight is 419 g/mol. The van der Waals surface area contributed by atoms with Crippen molar-refractivity contribution in [2.24, 2.45) is 0 Å². The molecule has 4 nitrogen and oxygen atoms in total. The number of aromatic carboxylic acids is 1. The Labute approximate surface area is 181 Å². The maximum absolute atomic E-state index is 13.0. The summed E-state index contributed by atoms with van der Waals surface area (Å²) in [6, 6.07) is 20.8. The van der Waals surface area contributed by atoms with Crippen LogP contribution >= 0.6 is 0 Å². The smallest absolute Gasteiger partial charge is 0.335 e. The van der Waals surface area contributed by atoms with Crippen LogP contribution in [0, 0.1) is 5.82 Å². The fourth-order valence-corrected chi connectivity index (χ4v) is 3.60. The average Bonchev–Trinajstić information content (AvgIpc) is 2.76. The zero-order valence-corrected chi connectivity index (χ0v) is 17.3. The summed E-state index contributed by atoms with van der Waals surface area (Å²) in [6.45, 7) is 0. The van der Waals surface area contributed by atoms with Gasteiger partial charge in [0.2, 0.25) is 5.91 Å². The molecule has 0 fully saturated rings. The monoisotopic (exact) mass is 419 g/mol. The molecule has 0 aliphatic rings. The molecule has 0 aromatic heterocycles. The highest BCUT2D eigenvalue weighted by Crippen LogP contribution is 2.19. The van der Waals surface area contributed by atoms with Crippen molar-refractivity contribution in [1.29, 1.82) is 0 Å². The molecule has 3 rings (SSSR count). The number of amides is 1. The Morgan fingerprint density at radius 3 is 2.10 bits per heavy atom. The summed E-state index contributed by atoms with van der Waals surface area (Å²) in [5.41, 5.74) is 3.87. The first kappa shape index (κ1) is 22.2. The molecule has 0 aliphatic heterocycles. The van der Waals surface area contributed by atoms with E-state index in [1.54, 1.807) is 24.3 Å². The van der Waals surface area contributed by atoms with Crippen LogP contribution in [0.25, 0.3) is 0 Å². The number of carbonyl (C=O) groups excluding carboxylic acids is 1. The fourth-order valence-electron chi connectivity index (χ4n) is 3.60. The van der Waals surface area contributed by atoms with Gasteiger partial charge in [-0.15, -0.1) is 0 Å². The highest BCUT2D eigenvalue weighted by molar-refractivity contribution is 5.93. The van der Waals surface area contributed by atoms with Crippen LogP contribution in [0.15, 0.2) is 72.8 Å². The van der Waals surface area contributed by atoms with E-state index in [4.69, 9.17) is 0 Å². The van der Waals surface area contributed by atoms with Crippen LogP contribution in [0.4, 0.5) is 10.1 Å². The molecule has 2 N–H and O–H groups in total. The fraction of sp³-hybridized carbons (Fsp3) is 0.231. The number of carbonyl (C=O) groups is 2. The lowest BCUT2D eigenvalue weighted by atomic mass is 9.99. The van der Waals surface area contributed by atoms with Crippen molar-refractivity contribution in [2.75, 3.05) is 5.32 Å². The van der Waals surface area contributed by atoms with Crippen LogP contribution in [0.2, 0.25) is 0 Å². The minimum absolute atomic E-state index is 0.135. The quantitative estimate of drug-likeness (QED) is 0.417. The van der Waals surface area contributed by atoms with Crippen molar-refractivity contribution in [2.45, 2.75) is 38.5 Å². The van der Waals surface area contributed by atoms with E-state index in [2.05, 4.69) is 5.32 Å². The molecule has 1 amide bonds. The van der Waals surface area contributed by atoms with Gasteiger partial charge in [0, 0.05) is 5.69 Å². The first-order valence-corrected chi connectivity index (χ1v) is 10.5. The van der Waals surface area contributed by atoms with E-state index in [0.29, 0.717) is 5.56 Å². The predicted octanol–water partition coefficient (Wildman–Crippen LogP) is 5.66. The van der Waals surface area contributed by atoms with Crippen molar-refractivity contribution < 1.29 is 19.1 Å². The van der Waals surface area contributed by atoms with Crippen LogP contribution in [0.1, 0.15) is 46.3 Å². The van der Waals surface area contributed by atoms with Gasteiger partial charge in [-0.1, -0.05) is 55.0 Å². The molecule has 0 saturated carbocycles. The molecular weight excluding hydrogens is 393 g/mol. The van der Waals surface area contributed by atoms with Gasteiger partial charge in [0.15, 0.2) is 0 Å². The third kappa shape index (κ3) is 6.78. The SMILES string of the molecule is O=C(Cc1ccc(F)cc1)Nc1ccccc1CCCCCc1ccccc1C(=O)O. The van der Waals surface area contributed by atoms with E-state index in [9.17, 15) is 19.1 Å². The molecule has 0 heterocycles. The number of anilines is 1. The predicted molar refractivity (Wildman–Crippen MR) is 120 cm³/mol. The molecular formula is C26H26FNO3. The Kier molecular flexibility index (Phi) is 7.93. The summed E-state index contributed by atoms with van der Waals surface area (Å²) >= 11 is 0. The van der Waals surface area contributed by atoms with Crippen LogP contribution < -0.4 is 5.32 Å². The number of aryl methyl sites for hydroxylation is 2. The summed E-state index contributed by atoms with van der Waals surface area (Å²) in [5.74, 6) is -1.34.